The number of benzene rings is 2. The number of ether oxygens (including phenoxy) is 1. The number of fused-ring (bicyclic) bond motifs is 1. The Hall–Kier alpha value is -3.46. The molecular formula is C18H16ClN5O4. The van der Waals surface area contributed by atoms with Crippen molar-refractivity contribution in [3.8, 4) is 0 Å². The number of hydrogen-bond acceptors (Lipinski definition) is 6. The summed E-state index contributed by atoms with van der Waals surface area (Å²) in [6.45, 7) is -0.403. The highest BCUT2D eigenvalue weighted by atomic mass is 35.5. The highest BCUT2D eigenvalue weighted by Crippen LogP contribution is 2.20. The van der Waals surface area contributed by atoms with Crippen molar-refractivity contribution in [2.24, 2.45) is 5.73 Å². The summed E-state index contributed by atoms with van der Waals surface area (Å²) in [5.41, 5.74) is 5.83. The van der Waals surface area contributed by atoms with E-state index in [2.05, 4.69) is 15.6 Å². The van der Waals surface area contributed by atoms with Gasteiger partial charge in [-0.3, -0.25) is 9.59 Å². The van der Waals surface area contributed by atoms with Crippen molar-refractivity contribution in [2.45, 2.75) is 19.2 Å². The second-order valence-corrected chi connectivity index (χ2v) is 6.31. The average molecular weight is 402 g/mol. The molecule has 1 aromatic heterocycles. The van der Waals surface area contributed by atoms with Crippen LogP contribution >= 0.6 is 11.6 Å². The molecule has 3 aromatic rings. The first-order valence-electron chi connectivity index (χ1n) is 8.23. The molecule has 1 heterocycles. The van der Waals surface area contributed by atoms with E-state index in [1.807, 2.05) is 0 Å². The molecular weight excluding hydrogens is 386 g/mol. The molecule has 0 saturated heterocycles. The van der Waals surface area contributed by atoms with E-state index in [-0.39, 0.29) is 6.42 Å². The molecule has 28 heavy (non-hydrogen) atoms. The lowest BCUT2D eigenvalue weighted by atomic mass is 10.0. The minimum atomic E-state index is -0.788. The fraction of sp³-hybridized carbons (Fsp3) is 0.167. The Labute approximate surface area is 164 Å². The average Bonchev–Trinajstić information content (AvgIpc) is 2.67. The third-order valence-corrected chi connectivity index (χ3v) is 4.19. The second kappa shape index (κ2) is 8.49. The number of nitrogens with one attached hydrogen (secondary N) is 1. The van der Waals surface area contributed by atoms with Crippen molar-refractivity contribution < 1.29 is 14.3 Å². The van der Waals surface area contributed by atoms with Gasteiger partial charge in [0.1, 0.15) is 5.52 Å². The van der Waals surface area contributed by atoms with Crippen molar-refractivity contribution in [1.29, 1.82) is 0 Å². The topological polar surface area (TPSA) is 129 Å². The predicted octanol–water partition coefficient (Wildman–Crippen LogP) is 1.75. The molecule has 1 atom stereocenters. The molecule has 0 spiro atoms. The molecule has 0 aliphatic carbocycles. The monoisotopic (exact) mass is 401 g/mol. The largest absolute Gasteiger partial charge is 0.442 e. The van der Waals surface area contributed by atoms with E-state index in [9.17, 15) is 14.4 Å². The SMILES string of the molecule is NC(=O)N[C@@H](CC(=O)OCn1nnc2ccccc2c1=O)c1ccc(Cl)cc1. The van der Waals surface area contributed by atoms with Gasteiger partial charge in [0.15, 0.2) is 6.73 Å². The molecule has 0 saturated carbocycles. The van der Waals surface area contributed by atoms with Gasteiger partial charge in [0.2, 0.25) is 0 Å². The number of carbonyl (C=O) groups excluding carboxylic acids is 2. The van der Waals surface area contributed by atoms with E-state index >= 15 is 0 Å². The molecule has 3 rings (SSSR count). The van der Waals surface area contributed by atoms with Crippen LogP contribution < -0.4 is 16.6 Å². The lowest BCUT2D eigenvalue weighted by molar-refractivity contribution is -0.148. The molecule has 3 N–H and O–H groups in total. The number of nitrogens with zero attached hydrogens (tertiary/aromatic N) is 3. The fourth-order valence-electron chi connectivity index (χ4n) is 2.59. The summed E-state index contributed by atoms with van der Waals surface area (Å²) >= 11 is 5.85. The summed E-state index contributed by atoms with van der Waals surface area (Å²) in [7, 11) is 0. The molecule has 0 unspecified atom stereocenters. The van der Waals surface area contributed by atoms with Crippen LogP contribution in [0.2, 0.25) is 5.02 Å². The van der Waals surface area contributed by atoms with Gasteiger partial charge >= 0.3 is 12.0 Å². The summed E-state index contributed by atoms with van der Waals surface area (Å²) in [6, 6.07) is 11.8. The number of hydrogen-bond donors (Lipinski definition) is 2. The van der Waals surface area contributed by atoms with Crippen LogP contribution in [0.3, 0.4) is 0 Å². The van der Waals surface area contributed by atoms with Crippen LogP contribution in [0, 0.1) is 0 Å². The molecule has 144 valence electrons. The van der Waals surface area contributed by atoms with Gasteiger partial charge < -0.3 is 15.8 Å². The first-order chi connectivity index (χ1) is 13.4. The maximum absolute atomic E-state index is 12.3. The maximum Gasteiger partial charge on any atom is 0.312 e. The van der Waals surface area contributed by atoms with Crippen LogP contribution in [0.4, 0.5) is 4.79 Å². The summed E-state index contributed by atoms with van der Waals surface area (Å²) in [5, 5.41) is 11.0. The third-order valence-electron chi connectivity index (χ3n) is 3.94. The number of primary amides is 1. The van der Waals surface area contributed by atoms with Gasteiger partial charge in [-0.2, -0.15) is 4.68 Å². The number of esters is 1. The van der Waals surface area contributed by atoms with Crippen LogP contribution in [0.25, 0.3) is 10.9 Å². The van der Waals surface area contributed by atoms with Gasteiger partial charge in [0, 0.05) is 5.02 Å². The van der Waals surface area contributed by atoms with E-state index in [1.54, 1.807) is 48.5 Å². The van der Waals surface area contributed by atoms with Crippen LogP contribution in [-0.4, -0.2) is 27.0 Å². The number of rotatable bonds is 6. The molecule has 2 amide bonds. The zero-order valence-corrected chi connectivity index (χ0v) is 15.3. The van der Waals surface area contributed by atoms with Crippen LogP contribution in [0.1, 0.15) is 18.0 Å². The molecule has 9 nitrogen and oxygen atoms in total. The van der Waals surface area contributed by atoms with Gasteiger partial charge in [-0.1, -0.05) is 41.1 Å². The first kappa shape index (κ1) is 19.3. The van der Waals surface area contributed by atoms with Crippen LogP contribution in [0.15, 0.2) is 53.3 Å². The highest BCUT2D eigenvalue weighted by molar-refractivity contribution is 6.30. The van der Waals surface area contributed by atoms with Crippen molar-refractivity contribution in [3.63, 3.8) is 0 Å². The minimum Gasteiger partial charge on any atom is -0.442 e. The molecule has 0 fully saturated rings. The van der Waals surface area contributed by atoms with Gasteiger partial charge in [0.05, 0.1) is 17.8 Å². The number of amides is 2. The third kappa shape index (κ3) is 4.63. The normalized spacial score (nSPS) is 11.8. The van der Waals surface area contributed by atoms with E-state index in [0.717, 1.165) is 4.68 Å². The summed E-state index contributed by atoms with van der Waals surface area (Å²) in [4.78, 5) is 35.8. The molecule has 0 bridgehead atoms. The van der Waals surface area contributed by atoms with E-state index in [0.29, 0.717) is 21.5 Å². The van der Waals surface area contributed by atoms with E-state index < -0.39 is 30.3 Å². The van der Waals surface area contributed by atoms with E-state index in [1.165, 1.54) is 0 Å². The first-order valence-corrected chi connectivity index (χ1v) is 8.61. The zero-order valence-electron chi connectivity index (χ0n) is 14.5. The van der Waals surface area contributed by atoms with Crippen molar-refractivity contribution in [1.82, 2.24) is 20.3 Å². The van der Waals surface area contributed by atoms with Gasteiger partial charge in [-0.05, 0) is 29.8 Å². The summed E-state index contributed by atoms with van der Waals surface area (Å²) in [5.74, 6) is -0.657. The van der Waals surface area contributed by atoms with Gasteiger partial charge in [-0.15, -0.1) is 5.10 Å². The van der Waals surface area contributed by atoms with E-state index in [4.69, 9.17) is 22.1 Å². The Morgan fingerprint density at radius 1 is 1.18 bits per heavy atom. The number of halogens is 1. The predicted molar refractivity (Wildman–Crippen MR) is 101 cm³/mol. The maximum atomic E-state index is 12.3. The quantitative estimate of drug-likeness (QED) is 0.605. The molecule has 10 heteroatoms. The Balaban J connectivity index is 1.69. The second-order valence-electron chi connectivity index (χ2n) is 5.87. The fourth-order valence-corrected chi connectivity index (χ4v) is 2.71. The summed E-state index contributed by atoms with van der Waals surface area (Å²) in [6.07, 6.45) is -0.194. The molecule has 2 aromatic carbocycles. The highest BCUT2D eigenvalue weighted by Gasteiger charge is 2.19. The Bertz CT molecular complexity index is 1070. The molecule has 0 aliphatic heterocycles. The zero-order chi connectivity index (χ0) is 20.1. The van der Waals surface area contributed by atoms with Gasteiger partial charge in [0.25, 0.3) is 5.56 Å². The molecule has 0 radical (unpaired) electrons. The Morgan fingerprint density at radius 2 is 1.89 bits per heavy atom. The van der Waals surface area contributed by atoms with Crippen LogP contribution in [0.5, 0.6) is 0 Å². The Morgan fingerprint density at radius 3 is 2.61 bits per heavy atom. The Kier molecular flexibility index (Phi) is 5.85. The molecule has 0 aliphatic rings. The number of urea groups is 1. The smallest absolute Gasteiger partial charge is 0.312 e. The lowest BCUT2D eigenvalue weighted by Crippen LogP contribution is -2.35. The minimum absolute atomic E-state index is 0.194. The number of aromatic nitrogens is 3. The van der Waals surface area contributed by atoms with Crippen molar-refractivity contribution >= 4 is 34.5 Å². The van der Waals surface area contributed by atoms with Crippen molar-refractivity contribution in [2.75, 3.05) is 0 Å². The standard InChI is InChI=1S/C18H16ClN5O4/c19-12-7-5-11(6-8-12)15(21-18(20)27)9-16(25)28-10-24-17(26)13-3-1-2-4-14(13)22-23-24/h1-8,15H,9-10H2,(H3,20,21,27)/t15-/m0/s1. The summed E-state index contributed by atoms with van der Waals surface area (Å²) < 4.78 is 6.06. The number of carbonyl (C=O) groups is 2. The lowest BCUT2D eigenvalue weighted by Gasteiger charge is -2.17. The van der Waals surface area contributed by atoms with Crippen LogP contribution in [-0.2, 0) is 16.3 Å². The number of nitrogens with two attached hydrogens (primary N) is 1. The van der Waals surface area contributed by atoms with Crippen molar-refractivity contribution in [3.05, 3.63) is 69.5 Å². The van der Waals surface area contributed by atoms with Gasteiger partial charge in [-0.25, -0.2) is 4.79 Å².